The maximum absolute atomic E-state index is 4.12. The Labute approximate surface area is 163 Å². The van der Waals surface area contributed by atoms with Crippen molar-refractivity contribution in [1.29, 1.82) is 0 Å². The Morgan fingerprint density at radius 3 is 2.22 bits per heavy atom. The molecule has 1 heterocycles. The average molecular weight is 359 g/mol. The summed E-state index contributed by atoms with van der Waals surface area (Å²) in [6.45, 7) is 6.77. The van der Waals surface area contributed by atoms with Crippen LogP contribution in [0.5, 0.6) is 0 Å². The highest BCUT2D eigenvalue weighted by Crippen LogP contribution is 2.31. The van der Waals surface area contributed by atoms with E-state index in [0.29, 0.717) is 0 Å². The summed E-state index contributed by atoms with van der Waals surface area (Å²) >= 11 is 0. The molecule has 0 aliphatic rings. The molecule has 0 radical (unpaired) electrons. The highest BCUT2D eigenvalue weighted by atomic mass is 15.1. The van der Waals surface area contributed by atoms with Gasteiger partial charge in [-0.15, -0.1) is 0 Å². The van der Waals surface area contributed by atoms with Gasteiger partial charge in [-0.25, -0.2) is 0 Å². The monoisotopic (exact) mass is 358 g/mol. The van der Waals surface area contributed by atoms with Crippen molar-refractivity contribution in [3.63, 3.8) is 0 Å². The van der Waals surface area contributed by atoms with Gasteiger partial charge in [-0.2, -0.15) is 0 Å². The Bertz CT molecular complexity index is 860. The molecule has 0 saturated carbocycles. The lowest BCUT2D eigenvalue weighted by Gasteiger charge is -2.27. The third kappa shape index (κ3) is 4.97. The van der Waals surface area contributed by atoms with E-state index in [1.54, 1.807) is 0 Å². The number of anilines is 1. The van der Waals surface area contributed by atoms with Crippen molar-refractivity contribution in [1.82, 2.24) is 4.98 Å². The van der Waals surface area contributed by atoms with Crippen LogP contribution in [0.1, 0.15) is 50.7 Å². The van der Waals surface area contributed by atoms with Crippen molar-refractivity contribution in [2.24, 2.45) is 0 Å². The average Bonchev–Trinajstić information content (AvgIpc) is 2.73. The minimum Gasteiger partial charge on any atom is -0.371 e. The molecule has 2 heteroatoms. The topological polar surface area (TPSA) is 16.1 Å². The number of rotatable bonds is 9. The Morgan fingerprint density at radius 1 is 0.815 bits per heavy atom. The van der Waals surface area contributed by atoms with Crippen LogP contribution in [0, 0.1) is 0 Å². The third-order valence-electron chi connectivity index (χ3n) is 5.00. The van der Waals surface area contributed by atoms with Crippen LogP contribution in [0.2, 0.25) is 0 Å². The molecule has 0 bridgehead atoms. The predicted molar refractivity (Wildman–Crippen MR) is 119 cm³/mol. The normalized spacial score (nSPS) is 11.3. The number of unbranched alkanes of at least 4 members (excludes halogenated alkanes) is 2. The number of hydrogen-bond acceptors (Lipinski definition) is 2. The van der Waals surface area contributed by atoms with E-state index in [0.717, 1.165) is 13.1 Å². The third-order valence-corrected chi connectivity index (χ3v) is 5.00. The molecule has 3 rings (SSSR count). The van der Waals surface area contributed by atoms with Crippen LogP contribution in [0.25, 0.3) is 22.9 Å². The molecule has 0 spiro atoms. The van der Waals surface area contributed by atoms with E-state index >= 15 is 0 Å². The number of nitrogens with zero attached hydrogens (tertiary/aromatic N) is 2. The lowest BCUT2D eigenvalue weighted by molar-refractivity contribution is 0.678. The molecule has 0 aliphatic carbocycles. The summed E-state index contributed by atoms with van der Waals surface area (Å²) < 4.78 is 0. The Morgan fingerprint density at radius 2 is 1.52 bits per heavy atom. The van der Waals surface area contributed by atoms with Gasteiger partial charge in [-0.3, -0.25) is 4.98 Å². The van der Waals surface area contributed by atoms with Gasteiger partial charge >= 0.3 is 0 Å². The van der Waals surface area contributed by atoms with Crippen LogP contribution in [0.3, 0.4) is 0 Å². The van der Waals surface area contributed by atoms with Gasteiger partial charge in [0, 0.05) is 36.7 Å². The molecule has 2 aromatic carbocycles. The molecule has 0 atom stereocenters. The van der Waals surface area contributed by atoms with Crippen LogP contribution in [0.4, 0.5) is 5.69 Å². The van der Waals surface area contributed by atoms with Crippen LogP contribution in [-0.2, 0) is 0 Å². The van der Waals surface area contributed by atoms with Gasteiger partial charge in [0.2, 0.25) is 0 Å². The first-order valence-electron chi connectivity index (χ1n) is 10.2. The minimum atomic E-state index is 1.12. The van der Waals surface area contributed by atoms with E-state index in [1.807, 2.05) is 24.5 Å². The summed E-state index contributed by atoms with van der Waals surface area (Å²) in [4.78, 5) is 6.70. The maximum atomic E-state index is 4.12. The second-order valence-corrected chi connectivity index (χ2v) is 7.03. The second-order valence-electron chi connectivity index (χ2n) is 7.03. The first kappa shape index (κ1) is 19.2. The summed E-state index contributed by atoms with van der Waals surface area (Å²) in [7, 11) is 0. The molecule has 0 N–H and O–H groups in total. The summed E-state index contributed by atoms with van der Waals surface area (Å²) in [6.07, 6.45) is 13.1. The summed E-state index contributed by atoms with van der Waals surface area (Å²) in [5.74, 6) is 0. The number of benzene rings is 2. The Balaban J connectivity index is 2.06. The van der Waals surface area contributed by atoms with Crippen LogP contribution in [0.15, 0.2) is 60.9 Å². The van der Waals surface area contributed by atoms with Crippen molar-refractivity contribution >= 4 is 28.6 Å². The molecule has 2 nitrogen and oxygen atoms in total. The van der Waals surface area contributed by atoms with Gasteiger partial charge in [-0.1, -0.05) is 69.2 Å². The predicted octanol–water partition coefficient (Wildman–Crippen LogP) is 6.81. The van der Waals surface area contributed by atoms with Crippen molar-refractivity contribution in [2.45, 2.75) is 39.5 Å². The molecule has 0 aliphatic heterocycles. The lowest BCUT2D eigenvalue weighted by Crippen LogP contribution is -2.26. The molecule has 0 fully saturated rings. The Kier molecular flexibility index (Phi) is 7.04. The fourth-order valence-corrected chi connectivity index (χ4v) is 3.44. The van der Waals surface area contributed by atoms with Gasteiger partial charge in [-0.05, 0) is 47.4 Å². The van der Waals surface area contributed by atoms with Crippen molar-refractivity contribution < 1.29 is 0 Å². The van der Waals surface area contributed by atoms with Gasteiger partial charge < -0.3 is 4.90 Å². The van der Waals surface area contributed by atoms with Gasteiger partial charge in [0.15, 0.2) is 0 Å². The second kappa shape index (κ2) is 9.91. The number of pyridine rings is 1. The lowest BCUT2D eigenvalue weighted by atomic mass is 10.00. The van der Waals surface area contributed by atoms with E-state index in [-0.39, 0.29) is 0 Å². The zero-order chi connectivity index (χ0) is 18.9. The Hall–Kier alpha value is -2.61. The first-order chi connectivity index (χ1) is 13.3. The molecule has 27 heavy (non-hydrogen) atoms. The number of aromatic nitrogens is 1. The molecule has 0 amide bonds. The van der Waals surface area contributed by atoms with E-state index in [1.165, 1.54) is 53.3 Å². The summed E-state index contributed by atoms with van der Waals surface area (Å²) in [5, 5.41) is 2.61. The summed E-state index contributed by atoms with van der Waals surface area (Å²) in [6, 6.07) is 17.4. The SMILES string of the molecule is CCCCN(CCCC)c1ccc2ccccc2c1C=Cc1ccncc1. The van der Waals surface area contributed by atoms with Crippen LogP contribution < -0.4 is 4.90 Å². The first-order valence-corrected chi connectivity index (χ1v) is 10.2. The largest absolute Gasteiger partial charge is 0.371 e. The van der Waals surface area contributed by atoms with E-state index < -0.39 is 0 Å². The van der Waals surface area contributed by atoms with Crippen molar-refractivity contribution in [3.05, 3.63) is 72.1 Å². The van der Waals surface area contributed by atoms with Gasteiger partial charge in [0.25, 0.3) is 0 Å². The molecule has 3 aromatic rings. The number of hydrogen-bond donors (Lipinski definition) is 0. The van der Waals surface area contributed by atoms with Crippen molar-refractivity contribution in [2.75, 3.05) is 18.0 Å². The smallest absolute Gasteiger partial charge is 0.0446 e. The van der Waals surface area contributed by atoms with E-state index in [9.17, 15) is 0 Å². The summed E-state index contributed by atoms with van der Waals surface area (Å²) in [5.41, 5.74) is 3.84. The standard InChI is InChI=1S/C25H30N2/c1-3-5-19-27(20-6-4-2)25-14-12-22-9-7-8-10-23(22)24(25)13-11-21-15-17-26-18-16-21/h7-18H,3-6,19-20H2,1-2H3. The molecular weight excluding hydrogens is 328 g/mol. The molecular formula is C25H30N2. The highest BCUT2D eigenvalue weighted by Gasteiger charge is 2.12. The molecule has 140 valence electrons. The zero-order valence-corrected chi connectivity index (χ0v) is 16.6. The van der Waals surface area contributed by atoms with Crippen LogP contribution >= 0.6 is 0 Å². The van der Waals surface area contributed by atoms with Gasteiger partial charge in [0.1, 0.15) is 0 Å². The quantitative estimate of drug-likeness (QED) is 0.417. The van der Waals surface area contributed by atoms with Gasteiger partial charge in [0.05, 0.1) is 0 Å². The number of fused-ring (bicyclic) bond motifs is 1. The van der Waals surface area contributed by atoms with E-state index in [2.05, 4.69) is 72.3 Å². The fraction of sp³-hybridized carbons (Fsp3) is 0.320. The maximum Gasteiger partial charge on any atom is 0.0446 e. The zero-order valence-electron chi connectivity index (χ0n) is 16.6. The van der Waals surface area contributed by atoms with Crippen LogP contribution in [-0.4, -0.2) is 18.1 Å². The fourth-order valence-electron chi connectivity index (χ4n) is 3.44. The highest BCUT2D eigenvalue weighted by molar-refractivity contribution is 5.98. The molecule has 1 aromatic heterocycles. The minimum absolute atomic E-state index is 1.12. The van der Waals surface area contributed by atoms with E-state index in [4.69, 9.17) is 0 Å². The molecule has 0 saturated heterocycles. The van der Waals surface area contributed by atoms with Crippen molar-refractivity contribution in [3.8, 4) is 0 Å². The molecule has 0 unspecified atom stereocenters.